The number of benzene rings is 1. The van der Waals surface area contributed by atoms with Crippen LogP contribution in [0, 0.1) is 5.92 Å². The van der Waals surface area contributed by atoms with Crippen molar-refractivity contribution >= 4 is 11.9 Å². The molecule has 0 radical (unpaired) electrons. The minimum Gasteiger partial charge on any atom is -0.496 e. The first kappa shape index (κ1) is 18.3. The molecule has 1 aliphatic heterocycles. The summed E-state index contributed by atoms with van der Waals surface area (Å²) in [5, 5.41) is 8.82. The van der Waals surface area contributed by atoms with E-state index in [1.54, 1.807) is 7.11 Å². The Kier molecular flexibility index (Phi) is 6.64. The molecule has 5 nitrogen and oxygen atoms in total. The normalized spacial score (nSPS) is 18.9. The molecule has 1 fully saturated rings. The first-order valence-electron chi connectivity index (χ1n) is 8.63. The van der Waals surface area contributed by atoms with Crippen LogP contribution in [-0.4, -0.2) is 42.1 Å². The molecular formula is C19H27NO4. The van der Waals surface area contributed by atoms with Crippen LogP contribution in [0.3, 0.4) is 0 Å². The molecule has 1 amide bonds. The van der Waals surface area contributed by atoms with Gasteiger partial charge in [-0.15, -0.1) is 0 Å². The minimum absolute atomic E-state index is 0.0908. The van der Waals surface area contributed by atoms with Crippen molar-refractivity contribution in [3.63, 3.8) is 0 Å². The molecule has 132 valence electrons. The summed E-state index contributed by atoms with van der Waals surface area (Å²) in [5.74, 6) is 0.598. The van der Waals surface area contributed by atoms with E-state index in [0.29, 0.717) is 25.3 Å². The van der Waals surface area contributed by atoms with Gasteiger partial charge in [0.1, 0.15) is 5.75 Å². The predicted octanol–water partition coefficient (Wildman–Crippen LogP) is 3.29. The number of rotatable bonds is 7. The molecule has 24 heavy (non-hydrogen) atoms. The number of carbonyl (C=O) groups is 2. The van der Waals surface area contributed by atoms with Gasteiger partial charge in [0.2, 0.25) is 5.91 Å². The summed E-state index contributed by atoms with van der Waals surface area (Å²) in [6.45, 7) is 3.51. The molecule has 1 aliphatic rings. The van der Waals surface area contributed by atoms with Crippen LogP contribution in [0.2, 0.25) is 0 Å². The SMILES string of the molecule is COc1ccccc1[C@@H](C)CC(=O)N1CCC[C@H](CCC(=O)O)C1. The minimum atomic E-state index is -0.761. The number of carboxylic acid groups (broad SMARTS) is 1. The Hall–Kier alpha value is -2.04. The molecule has 1 aromatic rings. The van der Waals surface area contributed by atoms with Gasteiger partial charge < -0.3 is 14.7 Å². The lowest BCUT2D eigenvalue weighted by atomic mass is 9.92. The molecule has 0 spiro atoms. The quantitative estimate of drug-likeness (QED) is 0.831. The highest BCUT2D eigenvalue weighted by atomic mass is 16.5. The van der Waals surface area contributed by atoms with E-state index in [9.17, 15) is 9.59 Å². The summed E-state index contributed by atoms with van der Waals surface area (Å²) in [6.07, 6.45) is 3.26. The van der Waals surface area contributed by atoms with Gasteiger partial charge in [-0.25, -0.2) is 0 Å². The molecule has 0 bridgehead atoms. The lowest BCUT2D eigenvalue weighted by Crippen LogP contribution is -2.40. The first-order chi connectivity index (χ1) is 11.5. The number of amides is 1. The van der Waals surface area contributed by atoms with Gasteiger partial charge in [-0.05, 0) is 42.7 Å². The number of likely N-dealkylation sites (tertiary alicyclic amines) is 1. The molecular weight excluding hydrogens is 306 g/mol. The number of hydrogen-bond acceptors (Lipinski definition) is 3. The lowest BCUT2D eigenvalue weighted by molar-refractivity contribution is -0.137. The number of hydrogen-bond donors (Lipinski definition) is 1. The molecule has 2 atom stereocenters. The molecule has 1 saturated heterocycles. The van der Waals surface area contributed by atoms with Crippen molar-refractivity contribution in [2.45, 2.75) is 44.9 Å². The first-order valence-corrected chi connectivity index (χ1v) is 8.63. The Balaban J connectivity index is 1.92. The van der Waals surface area contributed by atoms with Crippen LogP contribution in [-0.2, 0) is 9.59 Å². The fourth-order valence-electron chi connectivity index (χ4n) is 3.43. The largest absolute Gasteiger partial charge is 0.496 e. The van der Waals surface area contributed by atoms with Crippen molar-refractivity contribution < 1.29 is 19.4 Å². The fraction of sp³-hybridized carbons (Fsp3) is 0.579. The molecule has 2 rings (SSSR count). The molecule has 0 saturated carbocycles. The topological polar surface area (TPSA) is 66.8 Å². The van der Waals surface area contributed by atoms with E-state index in [1.807, 2.05) is 36.1 Å². The van der Waals surface area contributed by atoms with Crippen LogP contribution in [0.25, 0.3) is 0 Å². The van der Waals surface area contributed by atoms with Gasteiger partial charge in [-0.2, -0.15) is 0 Å². The second-order valence-corrected chi connectivity index (χ2v) is 6.63. The third-order valence-electron chi connectivity index (χ3n) is 4.79. The Morgan fingerprint density at radius 1 is 1.38 bits per heavy atom. The van der Waals surface area contributed by atoms with Crippen LogP contribution in [0.4, 0.5) is 0 Å². The van der Waals surface area contributed by atoms with Crippen molar-refractivity contribution in [3.05, 3.63) is 29.8 Å². The summed E-state index contributed by atoms with van der Waals surface area (Å²) < 4.78 is 5.38. The highest BCUT2D eigenvalue weighted by molar-refractivity contribution is 5.77. The number of carboxylic acids is 1. The van der Waals surface area contributed by atoms with E-state index < -0.39 is 5.97 Å². The van der Waals surface area contributed by atoms with E-state index in [0.717, 1.165) is 30.7 Å². The molecule has 1 N–H and O–H groups in total. The number of ether oxygens (including phenoxy) is 1. The highest BCUT2D eigenvalue weighted by Crippen LogP contribution is 2.30. The Morgan fingerprint density at radius 3 is 2.83 bits per heavy atom. The van der Waals surface area contributed by atoms with Gasteiger partial charge >= 0.3 is 5.97 Å². The van der Waals surface area contributed by atoms with E-state index in [-0.39, 0.29) is 18.2 Å². The second-order valence-electron chi connectivity index (χ2n) is 6.63. The number of methoxy groups -OCH3 is 1. The maximum Gasteiger partial charge on any atom is 0.303 e. The summed E-state index contributed by atoms with van der Waals surface area (Å²) in [7, 11) is 1.64. The van der Waals surface area contributed by atoms with Gasteiger partial charge in [-0.3, -0.25) is 9.59 Å². The summed E-state index contributed by atoms with van der Waals surface area (Å²) >= 11 is 0. The van der Waals surface area contributed by atoms with Crippen molar-refractivity contribution in [2.75, 3.05) is 20.2 Å². The summed E-state index contributed by atoms with van der Waals surface area (Å²) in [6, 6.07) is 7.80. The van der Waals surface area contributed by atoms with E-state index in [2.05, 4.69) is 0 Å². The van der Waals surface area contributed by atoms with Crippen LogP contribution in [0.5, 0.6) is 5.75 Å². The second kappa shape index (κ2) is 8.71. The van der Waals surface area contributed by atoms with E-state index in [4.69, 9.17) is 9.84 Å². The third-order valence-corrected chi connectivity index (χ3v) is 4.79. The van der Waals surface area contributed by atoms with E-state index >= 15 is 0 Å². The molecule has 1 heterocycles. The number of para-hydroxylation sites is 1. The maximum atomic E-state index is 12.6. The zero-order valence-electron chi connectivity index (χ0n) is 14.5. The zero-order chi connectivity index (χ0) is 17.5. The van der Waals surface area contributed by atoms with Gasteiger partial charge in [0.15, 0.2) is 0 Å². The maximum absolute atomic E-state index is 12.6. The number of piperidine rings is 1. The van der Waals surface area contributed by atoms with Crippen molar-refractivity contribution in [2.24, 2.45) is 5.92 Å². The van der Waals surface area contributed by atoms with Crippen molar-refractivity contribution in [1.82, 2.24) is 4.90 Å². The summed E-state index contributed by atoms with van der Waals surface area (Å²) in [5.41, 5.74) is 1.05. The number of carbonyl (C=O) groups excluding carboxylic acids is 1. The summed E-state index contributed by atoms with van der Waals surface area (Å²) in [4.78, 5) is 25.3. The Morgan fingerprint density at radius 2 is 2.12 bits per heavy atom. The van der Waals surface area contributed by atoms with Crippen LogP contribution >= 0.6 is 0 Å². The van der Waals surface area contributed by atoms with Gasteiger partial charge in [0.05, 0.1) is 7.11 Å². The van der Waals surface area contributed by atoms with Crippen LogP contribution in [0.15, 0.2) is 24.3 Å². The molecule has 5 heteroatoms. The molecule has 0 aromatic heterocycles. The Bertz CT molecular complexity index is 572. The highest BCUT2D eigenvalue weighted by Gasteiger charge is 2.25. The van der Waals surface area contributed by atoms with E-state index in [1.165, 1.54) is 0 Å². The average Bonchev–Trinajstić information content (AvgIpc) is 2.60. The third kappa shape index (κ3) is 4.98. The fourth-order valence-corrected chi connectivity index (χ4v) is 3.43. The number of aliphatic carboxylic acids is 1. The smallest absolute Gasteiger partial charge is 0.303 e. The number of nitrogens with zero attached hydrogens (tertiary/aromatic N) is 1. The van der Waals surface area contributed by atoms with Gasteiger partial charge in [0, 0.05) is 25.9 Å². The van der Waals surface area contributed by atoms with Gasteiger partial charge in [-0.1, -0.05) is 25.1 Å². The van der Waals surface area contributed by atoms with Crippen molar-refractivity contribution in [1.29, 1.82) is 0 Å². The predicted molar refractivity (Wildman–Crippen MR) is 92.2 cm³/mol. The lowest BCUT2D eigenvalue weighted by Gasteiger charge is -2.33. The van der Waals surface area contributed by atoms with Crippen LogP contribution < -0.4 is 4.74 Å². The molecule has 0 aliphatic carbocycles. The van der Waals surface area contributed by atoms with Crippen molar-refractivity contribution in [3.8, 4) is 5.75 Å². The Labute approximate surface area is 143 Å². The monoisotopic (exact) mass is 333 g/mol. The molecule has 0 unspecified atom stereocenters. The van der Waals surface area contributed by atoms with Gasteiger partial charge in [0.25, 0.3) is 0 Å². The van der Waals surface area contributed by atoms with Crippen LogP contribution in [0.1, 0.15) is 50.5 Å². The average molecular weight is 333 g/mol. The molecule has 1 aromatic carbocycles. The standard InChI is InChI=1S/C19H27NO4/c1-14(16-7-3-4-8-17(16)24-2)12-18(21)20-11-5-6-15(13-20)9-10-19(22)23/h3-4,7-8,14-15H,5-6,9-13H2,1-2H3,(H,22,23)/t14-,15+/m0/s1. The zero-order valence-corrected chi connectivity index (χ0v) is 14.5.